The second kappa shape index (κ2) is 7.70. The van der Waals surface area contributed by atoms with Crippen molar-refractivity contribution in [2.24, 2.45) is 0 Å². The minimum absolute atomic E-state index is 0.188. The summed E-state index contributed by atoms with van der Waals surface area (Å²) < 4.78 is 10.8. The van der Waals surface area contributed by atoms with Crippen molar-refractivity contribution in [3.8, 4) is 5.75 Å². The van der Waals surface area contributed by atoms with E-state index in [1.165, 1.54) is 32.1 Å². The Morgan fingerprint density at radius 3 is 2.81 bits per heavy atom. The number of hydrogen-bond acceptors (Lipinski definition) is 5. The molecule has 6 heteroatoms. The molecule has 2 N–H and O–H groups in total. The topological polar surface area (TPSA) is 76.4 Å². The number of aromatic nitrogens is 1. The molecule has 0 radical (unpaired) electrons. The molecular weight excluding hydrogens is 342 g/mol. The first kappa shape index (κ1) is 17.4. The second-order valence-electron chi connectivity index (χ2n) is 6.87. The van der Waals surface area contributed by atoms with Crippen molar-refractivity contribution in [2.75, 3.05) is 17.7 Å². The highest BCUT2D eigenvalue weighted by molar-refractivity contribution is 6.03. The van der Waals surface area contributed by atoms with Gasteiger partial charge in [0.1, 0.15) is 11.3 Å². The highest BCUT2D eigenvalue weighted by Crippen LogP contribution is 2.26. The molecule has 1 aromatic heterocycles. The van der Waals surface area contributed by atoms with Crippen LogP contribution >= 0.6 is 0 Å². The Labute approximate surface area is 157 Å². The number of oxazole rings is 1. The number of nitrogens with zero attached hydrogens (tertiary/aromatic N) is 1. The average molecular weight is 365 g/mol. The van der Waals surface area contributed by atoms with E-state index in [1.807, 2.05) is 18.2 Å². The third kappa shape index (κ3) is 4.05. The first-order valence-electron chi connectivity index (χ1n) is 9.34. The van der Waals surface area contributed by atoms with E-state index in [-0.39, 0.29) is 11.9 Å². The number of benzene rings is 2. The molecule has 1 aliphatic rings. The maximum absolute atomic E-state index is 12.4. The number of fused-ring (bicyclic) bond motifs is 1. The highest BCUT2D eigenvalue weighted by Gasteiger charge is 2.15. The van der Waals surface area contributed by atoms with E-state index >= 15 is 0 Å². The Kier molecular flexibility index (Phi) is 4.96. The van der Waals surface area contributed by atoms with Crippen molar-refractivity contribution in [1.29, 1.82) is 0 Å². The molecule has 1 amide bonds. The number of rotatable bonds is 5. The van der Waals surface area contributed by atoms with E-state index in [0.29, 0.717) is 22.9 Å². The molecule has 1 fully saturated rings. The zero-order chi connectivity index (χ0) is 18.6. The van der Waals surface area contributed by atoms with Crippen LogP contribution in [0.3, 0.4) is 0 Å². The fraction of sp³-hybridized carbons (Fsp3) is 0.333. The number of anilines is 2. The Hall–Kier alpha value is -3.02. The Morgan fingerprint density at radius 1 is 1.15 bits per heavy atom. The van der Waals surface area contributed by atoms with Gasteiger partial charge in [0.25, 0.3) is 5.91 Å². The quantitative estimate of drug-likeness (QED) is 0.677. The summed E-state index contributed by atoms with van der Waals surface area (Å²) in [6, 6.07) is 13.5. The fourth-order valence-corrected chi connectivity index (χ4v) is 3.49. The first-order valence-corrected chi connectivity index (χ1v) is 9.34. The zero-order valence-electron chi connectivity index (χ0n) is 15.3. The molecule has 4 rings (SSSR count). The van der Waals surface area contributed by atoms with E-state index in [4.69, 9.17) is 9.15 Å². The summed E-state index contributed by atoms with van der Waals surface area (Å²) in [5.41, 5.74) is 2.88. The van der Waals surface area contributed by atoms with Crippen LogP contribution in [0, 0.1) is 0 Å². The van der Waals surface area contributed by atoms with Gasteiger partial charge in [0.15, 0.2) is 5.58 Å². The maximum Gasteiger partial charge on any atom is 0.302 e. The Bertz CT molecular complexity index is 945. The number of amides is 1. The molecule has 2 aromatic carbocycles. The van der Waals surface area contributed by atoms with E-state index in [0.717, 1.165) is 11.2 Å². The third-order valence-electron chi connectivity index (χ3n) is 4.92. The Balaban J connectivity index is 1.48. The summed E-state index contributed by atoms with van der Waals surface area (Å²) in [4.78, 5) is 16.8. The third-order valence-corrected chi connectivity index (χ3v) is 4.92. The second-order valence-corrected chi connectivity index (χ2v) is 6.87. The molecule has 0 atom stereocenters. The van der Waals surface area contributed by atoms with Crippen molar-refractivity contribution < 1.29 is 13.9 Å². The van der Waals surface area contributed by atoms with E-state index in [1.54, 1.807) is 31.4 Å². The van der Waals surface area contributed by atoms with Crippen molar-refractivity contribution in [3.05, 3.63) is 48.0 Å². The standard InChI is InChI=1S/C21H23N3O3/c1-26-17-9-5-6-14(12-17)20(25)24-21-23-18-13-16(10-11-19(18)27-21)22-15-7-3-2-4-8-15/h5-6,9-13,15,22H,2-4,7-8H2,1H3,(H,23,24,25). The van der Waals surface area contributed by atoms with Gasteiger partial charge >= 0.3 is 6.01 Å². The largest absolute Gasteiger partial charge is 0.497 e. The lowest BCUT2D eigenvalue weighted by Gasteiger charge is -2.23. The molecule has 1 aliphatic carbocycles. The van der Waals surface area contributed by atoms with Crippen molar-refractivity contribution in [1.82, 2.24) is 4.98 Å². The van der Waals surface area contributed by atoms with Crippen molar-refractivity contribution in [2.45, 2.75) is 38.1 Å². The van der Waals surface area contributed by atoms with Gasteiger partial charge in [-0.3, -0.25) is 10.1 Å². The minimum atomic E-state index is -0.291. The van der Waals surface area contributed by atoms with E-state index < -0.39 is 0 Å². The minimum Gasteiger partial charge on any atom is -0.497 e. The number of carbonyl (C=O) groups excluding carboxylic acids is 1. The van der Waals surface area contributed by atoms with Gasteiger partial charge in [0.05, 0.1) is 7.11 Å². The molecule has 27 heavy (non-hydrogen) atoms. The van der Waals surface area contributed by atoms with Crippen LogP contribution in [-0.4, -0.2) is 24.0 Å². The number of methoxy groups -OCH3 is 1. The summed E-state index contributed by atoms with van der Waals surface area (Å²) in [5.74, 6) is 0.333. The van der Waals surface area contributed by atoms with Crippen LogP contribution in [0.1, 0.15) is 42.5 Å². The summed E-state index contributed by atoms with van der Waals surface area (Å²) >= 11 is 0. The van der Waals surface area contributed by atoms with Crippen LogP contribution in [0.5, 0.6) is 5.75 Å². The molecule has 0 aliphatic heterocycles. The Morgan fingerprint density at radius 2 is 2.00 bits per heavy atom. The normalized spacial score (nSPS) is 14.9. The molecule has 0 unspecified atom stereocenters. The monoisotopic (exact) mass is 365 g/mol. The van der Waals surface area contributed by atoms with E-state index in [2.05, 4.69) is 15.6 Å². The van der Waals surface area contributed by atoms with Crippen molar-refractivity contribution in [3.63, 3.8) is 0 Å². The number of nitrogens with one attached hydrogen (secondary N) is 2. The average Bonchev–Trinajstić information content (AvgIpc) is 3.10. The molecule has 1 heterocycles. The maximum atomic E-state index is 12.4. The van der Waals surface area contributed by atoms with Gasteiger partial charge in [-0.15, -0.1) is 0 Å². The van der Waals surface area contributed by atoms with Gasteiger partial charge < -0.3 is 14.5 Å². The number of ether oxygens (including phenoxy) is 1. The van der Waals surface area contributed by atoms with Gasteiger partial charge in [0.2, 0.25) is 0 Å². The van der Waals surface area contributed by atoms with Gasteiger partial charge in [0, 0.05) is 17.3 Å². The molecule has 0 spiro atoms. The lowest BCUT2D eigenvalue weighted by Crippen LogP contribution is -2.22. The number of carbonyl (C=O) groups is 1. The van der Waals surface area contributed by atoms with Crippen molar-refractivity contribution >= 4 is 28.7 Å². The van der Waals surface area contributed by atoms with Gasteiger partial charge in [-0.05, 0) is 49.2 Å². The predicted molar refractivity (Wildman–Crippen MR) is 105 cm³/mol. The van der Waals surface area contributed by atoms with Gasteiger partial charge in [-0.2, -0.15) is 4.98 Å². The van der Waals surface area contributed by atoms with Gasteiger partial charge in [-0.25, -0.2) is 0 Å². The van der Waals surface area contributed by atoms with Crippen LogP contribution < -0.4 is 15.4 Å². The molecular formula is C21H23N3O3. The molecule has 3 aromatic rings. The smallest absolute Gasteiger partial charge is 0.302 e. The number of hydrogen-bond donors (Lipinski definition) is 2. The molecule has 0 bridgehead atoms. The molecule has 0 saturated heterocycles. The summed E-state index contributed by atoms with van der Waals surface area (Å²) in [7, 11) is 1.57. The predicted octanol–water partition coefficient (Wildman–Crippen LogP) is 4.83. The summed E-state index contributed by atoms with van der Waals surface area (Å²) in [6.07, 6.45) is 6.31. The lowest BCUT2D eigenvalue weighted by atomic mass is 9.95. The lowest BCUT2D eigenvalue weighted by molar-refractivity contribution is 0.102. The highest BCUT2D eigenvalue weighted by atomic mass is 16.5. The zero-order valence-corrected chi connectivity index (χ0v) is 15.3. The van der Waals surface area contributed by atoms with Crippen LogP contribution in [0.2, 0.25) is 0 Å². The summed E-state index contributed by atoms with van der Waals surface area (Å²) in [6.45, 7) is 0. The van der Waals surface area contributed by atoms with Gasteiger partial charge in [-0.1, -0.05) is 25.3 Å². The van der Waals surface area contributed by atoms with E-state index in [9.17, 15) is 4.79 Å². The first-order chi connectivity index (χ1) is 13.2. The van der Waals surface area contributed by atoms with Crippen LogP contribution in [0.4, 0.5) is 11.7 Å². The molecule has 140 valence electrons. The van der Waals surface area contributed by atoms with Crippen LogP contribution in [0.15, 0.2) is 46.9 Å². The molecule has 6 nitrogen and oxygen atoms in total. The molecule has 1 saturated carbocycles. The fourth-order valence-electron chi connectivity index (χ4n) is 3.49. The van der Waals surface area contributed by atoms with Crippen LogP contribution in [0.25, 0.3) is 11.1 Å². The van der Waals surface area contributed by atoms with Crippen LogP contribution in [-0.2, 0) is 0 Å². The summed E-state index contributed by atoms with van der Waals surface area (Å²) in [5, 5.41) is 6.29. The SMILES string of the molecule is COc1cccc(C(=O)Nc2nc3cc(NC4CCCCC4)ccc3o2)c1.